The Morgan fingerprint density at radius 1 is 1.50 bits per heavy atom. The smallest absolute Gasteiger partial charge is 0.337 e. The Morgan fingerprint density at radius 2 is 2.36 bits per heavy atom. The molecule has 0 amide bonds. The monoisotopic (exact) mass is 300 g/mol. The van der Waals surface area contributed by atoms with Gasteiger partial charge in [-0.1, -0.05) is 19.1 Å². The highest BCUT2D eigenvalue weighted by molar-refractivity contribution is 5.94. The van der Waals surface area contributed by atoms with Crippen LogP contribution in [-0.4, -0.2) is 22.7 Å². The maximum atomic E-state index is 12.2. The molecule has 0 spiro atoms. The summed E-state index contributed by atoms with van der Waals surface area (Å²) >= 11 is 0. The summed E-state index contributed by atoms with van der Waals surface area (Å²) in [6.45, 7) is 2.50. The van der Waals surface area contributed by atoms with Gasteiger partial charge in [-0.15, -0.1) is 0 Å². The summed E-state index contributed by atoms with van der Waals surface area (Å²) in [5.41, 5.74) is 6.90. The minimum absolute atomic E-state index is 0.151. The predicted molar refractivity (Wildman–Crippen MR) is 80.6 cm³/mol. The van der Waals surface area contributed by atoms with Crippen LogP contribution >= 0.6 is 0 Å². The van der Waals surface area contributed by atoms with E-state index in [1.807, 2.05) is 18.2 Å². The maximum absolute atomic E-state index is 12.2. The Kier molecular flexibility index (Phi) is 3.01. The van der Waals surface area contributed by atoms with Crippen LogP contribution < -0.4 is 5.73 Å². The number of anilines is 1. The molecule has 0 radical (unpaired) electrons. The van der Waals surface area contributed by atoms with Crippen molar-refractivity contribution < 1.29 is 14.3 Å². The molecule has 5 heteroatoms. The van der Waals surface area contributed by atoms with Gasteiger partial charge in [-0.2, -0.15) is 0 Å². The average molecular weight is 300 g/mol. The number of aromatic nitrogens is 1. The number of carbonyl (C=O) groups is 1. The largest absolute Gasteiger partial charge is 0.455 e. The zero-order valence-corrected chi connectivity index (χ0v) is 12.6. The van der Waals surface area contributed by atoms with Gasteiger partial charge in [0.25, 0.3) is 0 Å². The highest BCUT2D eigenvalue weighted by Crippen LogP contribution is 2.55. The number of hydrogen-bond acceptors (Lipinski definition) is 5. The molecule has 2 N–H and O–H groups in total. The summed E-state index contributed by atoms with van der Waals surface area (Å²) in [4.78, 5) is 16.3. The fourth-order valence-electron chi connectivity index (χ4n) is 4.29. The Bertz CT molecular complexity index is 657. The minimum Gasteiger partial charge on any atom is -0.455 e. The van der Waals surface area contributed by atoms with Gasteiger partial charge in [0.1, 0.15) is 17.5 Å². The SMILES string of the molecule is C[C@H]1C=C2C(=O)O[C@H]3CC[C@@H](C1)[C@@]23OCc1cccnc1N. The van der Waals surface area contributed by atoms with Gasteiger partial charge in [0.15, 0.2) is 0 Å². The van der Waals surface area contributed by atoms with E-state index in [4.69, 9.17) is 15.2 Å². The molecule has 2 aliphatic carbocycles. The lowest BCUT2D eigenvalue weighted by molar-refractivity contribution is -0.142. The van der Waals surface area contributed by atoms with E-state index >= 15 is 0 Å². The molecular formula is C17H20N2O3. The van der Waals surface area contributed by atoms with Gasteiger partial charge >= 0.3 is 5.97 Å². The Balaban J connectivity index is 1.68. The lowest BCUT2D eigenvalue weighted by Gasteiger charge is -2.38. The van der Waals surface area contributed by atoms with Gasteiger partial charge in [-0.25, -0.2) is 9.78 Å². The van der Waals surface area contributed by atoms with Crippen LogP contribution in [0.2, 0.25) is 0 Å². The standard InChI is InChI=1S/C17H20N2O3/c1-10-7-12-4-5-14-17(12,13(8-10)16(20)22-14)21-9-11-3-2-6-19-15(11)18/h2-3,6,8,10,12,14H,4-5,7,9H2,1H3,(H2,18,19)/t10-,12+,14+,17-/m1/s1. The molecule has 4 rings (SSSR count). The Morgan fingerprint density at radius 3 is 3.18 bits per heavy atom. The second-order valence-corrected chi connectivity index (χ2v) is 6.59. The predicted octanol–water partition coefficient (Wildman–Crippen LogP) is 2.22. The van der Waals surface area contributed by atoms with Crippen LogP contribution in [0.1, 0.15) is 31.7 Å². The molecule has 22 heavy (non-hydrogen) atoms. The molecule has 0 unspecified atom stereocenters. The van der Waals surface area contributed by atoms with E-state index in [0.717, 1.165) is 30.4 Å². The van der Waals surface area contributed by atoms with Crippen molar-refractivity contribution in [2.24, 2.45) is 11.8 Å². The first-order valence-electron chi connectivity index (χ1n) is 7.88. The van der Waals surface area contributed by atoms with Gasteiger partial charge < -0.3 is 15.2 Å². The quantitative estimate of drug-likeness (QED) is 0.866. The molecule has 0 aromatic carbocycles. The fraction of sp³-hybridized carbons (Fsp3) is 0.529. The van der Waals surface area contributed by atoms with Crippen LogP contribution in [0.4, 0.5) is 5.82 Å². The normalized spacial score (nSPS) is 36.0. The third kappa shape index (κ3) is 1.81. The summed E-state index contributed by atoms with van der Waals surface area (Å²) in [5, 5.41) is 0. The van der Waals surface area contributed by atoms with Gasteiger partial charge in [-0.05, 0) is 37.2 Å². The van der Waals surface area contributed by atoms with Crippen molar-refractivity contribution in [2.45, 2.75) is 44.5 Å². The highest BCUT2D eigenvalue weighted by atomic mass is 16.6. The molecule has 0 bridgehead atoms. The van der Waals surface area contributed by atoms with Crippen LogP contribution in [0.5, 0.6) is 0 Å². The molecule has 1 aliphatic heterocycles. The van der Waals surface area contributed by atoms with E-state index in [0.29, 0.717) is 24.3 Å². The summed E-state index contributed by atoms with van der Waals surface area (Å²) in [5.74, 6) is 1.01. The number of allylic oxidation sites excluding steroid dienone is 1. The van der Waals surface area contributed by atoms with E-state index in [-0.39, 0.29) is 12.1 Å². The molecule has 1 aromatic rings. The van der Waals surface area contributed by atoms with Crippen molar-refractivity contribution in [1.29, 1.82) is 0 Å². The van der Waals surface area contributed by atoms with Crippen molar-refractivity contribution in [1.82, 2.24) is 4.98 Å². The van der Waals surface area contributed by atoms with E-state index in [1.165, 1.54) is 0 Å². The second kappa shape index (κ2) is 4.81. The second-order valence-electron chi connectivity index (χ2n) is 6.59. The summed E-state index contributed by atoms with van der Waals surface area (Å²) in [7, 11) is 0. The highest BCUT2D eigenvalue weighted by Gasteiger charge is 2.63. The zero-order valence-electron chi connectivity index (χ0n) is 12.6. The molecule has 2 fully saturated rings. The molecule has 3 aliphatic rings. The number of pyridine rings is 1. The molecule has 5 nitrogen and oxygen atoms in total. The van der Waals surface area contributed by atoms with Gasteiger partial charge in [0.05, 0.1) is 12.2 Å². The number of esters is 1. The number of nitrogen functional groups attached to an aromatic ring is 1. The number of rotatable bonds is 3. The van der Waals surface area contributed by atoms with Crippen molar-refractivity contribution in [2.75, 3.05) is 5.73 Å². The lowest BCUT2D eigenvalue weighted by atomic mass is 9.73. The number of hydrogen-bond donors (Lipinski definition) is 1. The Labute approximate surface area is 129 Å². The zero-order chi connectivity index (χ0) is 15.3. The number of ether oxygens (including phenoxy) is 2. The average Bonchev–Trinajstić information content (AvgIpc) is 2.97. The number of carbonyl (C=O) groups excluding carboxylic acids is 1. The first-order valence-corrected chi connectivity index (χ1v) is 7.88. The minimum atomic E-state index is -0.578. The first-order chi connectivity index (χ1) is 10.6. The van der Waals surface area contributed by atoms with Gasteiger partial charge in [0.2, 0.25) is 0 Å². The van der Waals surface area contributed by atoms with E-state index in [2.05, 4.69) is 11.9 Å². The third-order valence-corrected chi connectivity index (χ3v) is 5.25. The van der Waals surface area contributed by atoms with Crippen molar-refractivity contribution in [3.05, 3.63) is 35.5 Å². The summed E-state index contributed by atoms with van der Waals surface area (Å²) in [6.07, 6.45) is 6.51. The van der Waals surface area contributed by atoms with Crippen molar-refractivity contribution in [3.63, 3.8) is 0 Å². The van der Waals surface area contributed by atoms with Crippen LogP contribution in [0, 0.1) is 11.8 Å². The molecule has 4 atom stereocenters. The van der Waals surface area contributed by atoms with Crippen molar-refractivity contribution >= 4 is 11.8 Å². The van der Waals surface area contributed by atoms with Crippen molar-refractivity contribution in [3.8, 4) is 0 Å². The van der Waals surface area contributed by atoms with Crippen LogP contribution in [0.3, 0.4) is 0 Å². The van der Waals surface area contributed by atoms with Gasteiger partial charge in [0, 0.05) is 11.8 Å². The van der Waals surface area contributed by atoms with E-state index in [1.54, 1.807) is 6.20 Å². The molecule has 2 heterocycles. The van der Waals surface area contributed by atoms with Gasteiger partial charge in [-0.3, -0.25) is 0 Å². The summed E-state index contributed by atoms with van der Waals surface area (Å²) in [6, 6.07) is 3.75. The number of nitrogens with zero attached hydrogens (tertiary/aromatic N) is 1. The van der Waals surface area contributed by atoms with E-state index in [9.17, 15) is 4.79 Å². The summed E-state index contributed by atoms with van der Waals surface area (Å²) < 4.78 is 11.9. The molecule has 1 aromatic heterocycles. The fourth-order valence-corrected chi connectivity index (χ4v) is 4.29. The topological polar surface area (TPSA) is 74.4 Å². The first kappa shape index (κ1) is 13.8. The maximum Gasteiger partial charge on any atom is 0.337 e. The van der Waals surface area contributed by atoms with Crippen LogP contribution in [0.25, 0.3) is 0 Å². The third-order valence-electron chi connectivity index (χ3n) is 5.25. The molecule has 116 valence electrons. The van der Waals surface area contributed by atoms with Crippen LogP contribution in [0.15, 0.2) is 30.0 Å². The lowest BCUT2D eigenvalue weighted by Crippen LogP contribution is -2.46. The molecule has 1 saturated heterocycles. The van der Waals surface area contributed by atoms with E-state index < -0.39 is 5.60 Å². The molecular weight excluding hydrogens is 280 g/mol. The molecule has 1 saturated carbocycles. The number of nitrogens with two attached hydrogens (primary N) is 1. The Hall–Kier alpha value is -1.88. The van der Waals surface area contributed by atoms with Crippen LogP contribution in [-0.2, 0) is 20.9 Å².